The van der Waals surface area contributed by atoms with Crippen molar-refractivity contribution in [3.63, 3.8) is 0 Å². The molecular formula is C18H29NO. The Morgan fingerprint density at radius 3 is 2.55 bits per heavy atom. The molecule has 0 aliphatic heterocycles. The van der Waals surface area contributed by atoms with Crippen LogP contribution in [-0.4, -0.2) is 17.8 Å². The normalized spacial score (nSPS) is 24.6. The minimum Gasteiger partial charge on any atom is -0.393 e. The van der Waals surface area contributed by atoms with Crippen molar-refractivity contribution >= 4 is 0 Å². The van der Waals surface area contributed by atoms with Gasteiger partial charge in [0.2, 0.25) is 0 Å². The molecule has 2 nitrogen and oxygen atoms in total. The first-order valence-electron chi connectivity index (χ1n) is 8.23. The van der Waals surface area contributed by atoms with Gasteiger partial charge >= 0.3 is 0 Å². The van der Waals surface area contributed by atoms with Gasteiger partial charge < -0.3 is 10.4 Å². The smallest absolute Gasteiger partial charge is 0.0543 e. The summed E-state index contributed by atoms with van der Waals surface area (Å²) >= 11 is 0. The van der Waals surface area contributed by atoms with Crippen LogP contribution in [0.25, 0.3) is 0 Å². The van der Waals surface area contributed by atoms with Crippen LogP contribution < -0.4 is 5.32 Å². The summed E-state index contributed by atoms with van der Waals surface area (Å²) in [6, 6.07) is 9.44. The van der Waals surface area contributed by atoms with Crippen LogP contribution in [0.5, 0.6) is 0 Å². The molecule has 1 fully saturated rings. The maximum Gasteiger partial charge on any atom is 0.0543 e. The van der Waals surface area contributed by atoms with Gasteiger partial charge in [0, 0.05) is 6.04 Å². The maximum atomic E-state index is 9.75. The predicted molar refractivity (Wildman–Crippen MR) is 84.8 cm³/mol. The largest absolute Gasteiger partial charge is 0.393 e. The van der Waals surface area contributed by atoms with Gasteiger partial charge in [0.1, 0.15) is 0 Å². The van der Waals surface area contributed by atoms with E-state index in [-0.39, 0.29) is 6.10 Å². The molecule has 0 radical (unpaired) electrons. The second-order valence-corrected chi connectivity index (χ2v) is 6.15. The Morgan fingerprint density at radius 2 is 1.95 bits per heavy atom. The van der Waals surface area contributed by atoms with Gasteiger partial charge in [-0.3, -0.25) is 0 Å². The third-order valence-corrected chi connectivity index (χ3v) is 4.61. The van der Waals surface area contributed by atoms with Crippen LogP contribution in [0.3, 0.4) is 0 Å². The molecule has 2 heteroatoms. The second-order valence-electron chi connectivity index (χ2n) is 6.15. The summed E-state index contributed by atoms with van der Waals surface area (Å²) in [7, 11) is 0. The number of aryl methyl sites for hydroxylation is 1. The number of nitrogens with one attached hydrogen (secondary N) is 1. The Bertz CT molecular complexity index is 387. The quantitative estimate of drug-likeness (QED) is 0.826. The molecular weight excluding hydrogens is 246 g/mol. The van der Waals surface area contributed by atoms with E-state index in [0.717, 1.165) is 32.2 Å². The van der Waals surface area contributed by atoms with Crippen molar-refractivity contribution in [1.82, 2.24) is 5.32 Å². The Kier molecular flexibility index (Phi) is 6.06. The maximum absolute atomic E-state index is 9.75. The first kappa shape index (κ1) is 15.5. The highest BCUT2D eigenvalue weighted by Crippen LogP contribution is 2.25. The Labute approximate surface area is 123 Å². The average Bonchev–Trinajstić information content (AvgIpc) is 2.48. The number of hydrogen-bond donors (Lipinski definition) is 2. The lowest BCUT2D eigenvalue weighted by atomic mass is 9.87. The molecule has 1 aromatic carbocycles. The number of rotatable bonds is 6. The molecule has 1 aliphatic carbocycles. The van der Waals surface area contributed by atoms with Crippen molar-refractivity contribution in [2.45, 2.75) is 64.5 Å². The summed E-state index contributed by atoms with van der Waals surface area (Å²) in [5, 5.41) is 13.5. The van der Waals surface area contributed by atoms with Crippen molar-refractivity contribution in [2.75, 3.05) is 6.54 Å². The standard InChI is InChI=1S/C18H29NO/c1-3-14-8-10-16(11-9-14)18(4-2)19-13-15-6-5-7-17(20)12-15/h8-11,15,17-20H,3-7,12-13H2,1-2H3. The summed E-state index contributed by atoms with van der Waals surface area (Å²) in [6.07, 6.45) is 6.54. The third kappa shape index (κ3) is 4.32. The molecule has 3 unspecified atom stereocenters. The second kappa shape index (κ2) is 7.80. The zero-order valence-electron chi connectivity index (χ0n) is 12.9. The molecule has 2 N–H and O–H groups in total. The summed E-state index contributed by atoms with van der Waals surface area (Å²) in [6.45, 7) is 5.46. The topological polar surface area (TPSA) is 32.3 Å². The molecule has 0 aromatic heterocycles. The van der Waals surface area contributed by atoms with E-state index >= 15 is 0 Å². The summed E-state index contributed by atoms with van der Waals surface area (Å²) in [5.74, 6) is 0.641. The van der Waals surface area contributed by atoms with E-state index in [9.17, 15) is 5.11 Å². The zero-order chi connectivity index (χ0) is 14.4. The molecule has 1 aliphatic rings. The van der Waals surface area contributed by atoms with Gasteiger partial charge in [0.25, 0.3) is 0 Å². The fraction of sp³-hybridized carbons (Fsp3) is 0.667. The van der Waals surface area contributed by atoms with Gasteiger partial charge in [-0.25, -0.2) is 0 Å². The number of hydrogen-bond acceptors (Lipinski definition) is 2. The molecule has 3 atom stereocenters. The SMILES string of the molecule is CCc1ccc(C(CC)NCC2CCCC(O)C2)cc1. The van der Waals surface area contributed by atoms with Gasteiger partial charge in [-0.05, 0) is 55.7 Å². The van der Waals surface area contributed by atoms with Gasteiger partial charge in [0.05, 0.1) is 6.10 Å². The first-order valence-corrected chi connectivity index (χ1v) is 8.23. The van der Waals surface area contributed by atoms with Crippen molar-refractivity contribution in [2.24, 2.45) is 5.92 Å². The third-order valence-electron chi connectivity index (χ3n) is 4.61. The molecule has 1 saturated carbocycles. The van der Waals surface area contributed by atoms with E-state index in [4.69, 9.17) is 0 Å². The highest BCUT2D eigenvalue weighted by atomic mass is 16.3. The van der Waals surface area contributed by atoms with Gasteiger partial charge in [0.15, 0.2) is 0 Å². The first-order chi connectivity index (χ1) is 9.72. The van der Waals surface area contributed by atoms with Crippen LogP contribution in [0.2, 0.25) is 0 Å². The molecule has 2 rings (SSSR count). The number of aliphatic hydroxyl groups is 1. The minimum atomic E-state index is -0.0699. The molecule has 1 aromatic rings. The molecule has 0 saturated heterocycles. The van der Waals surface area contributed by atoms with Crippen LogP contribution >= 0.6 is 0 Å². The number of aliphatic hydroxyl groups excluding tert-OH is 1. The fourth-order valence-electron chi connectivity index (χ4n) is 3.24. The summed E-state index contributed by atoms with van der Waals surface area (Å²) in [5.41, 5.74) is 2.79. The van der Waals surface area contributed by atoms with E-state index in [1.807, 2.05) is 0 Å². The van der Waals surface area contributed by atoms with Gasteiger partial charge in [-0.15, -0.1) is 0 Å². The van der Waals surface area contributed by atoms with E-state index in [1.165, 1.54) is 24.0 Å². The Hall–Kier alpha value is -0.860. The van der Waals surface area contributed by atoms with Crippen molar-refractivity contribution in [3.8, 4) is 0 Å². The molecule has 0 amide bonds. The van der Waals surface area contributed by atoms with Crippen molar-refractivity contribution in [3.05, 3.63) is 35.4 Å². The minimum absolute atomic E-state index is 0.0699. The van der Waals surface area contributed by atoms with Crippen LogP contribution in [0.15, 0.2) is 24.3 Å². The van der Waals surface area contributed by atoms with E-state index in [0.29, 0.717) is 12.0 Å². The highest BCUT2D eigenvalue weighted by Gasteiger charge is 2.20. The van der Waals surface area contributed by atoms with E-state index in [2.05, 4.69) is 43.4 Å². The summed E-state index contributed by atoms with van der Waals surface area (Å²) < 4.78 is 0. The van der Waals surface area contributed by atoms with Crippen molar-refractivity contribution in [1.29, 1.82) is 0 Å². The van der Waals surface area contributed by atoms with Crippen LogP contribution in [0, 0.1) is 5.92 Å². The van der Waals surface area contributed by atoms with E-state index < -0.39 is 0 Å². The van der Waals surface area contributed by atoms with Crippen LogP contribution in [0.4, 0.5) is 0 Å². The molecule has 112 valence electrons. The summed E-state index contributed by atoms with van der Waals surface area (Å²) in [4.78, 5) is 0. The van der Waals surface area contributed by atoms with Crippen LogP contribution in [-0.2, 0) is 6.42 Å². The van der Waals surface area contributed by atoms with E-state index in [1.54, 1.807) is 0 Å². The zero-order valence-corrected chi connectivity index (χ0v) is 12.9. The van der Waals surface area contributed by atoms with Crippen molar-refractivity contribution < 1.29 is 5.11 Å². The van der Waals surface area contributed by atoms with Gasteiger partial charge in [-0.1, -0.05) is 44.5 Å². The molecule has 0 spiro atoms. The monoisotopic (exact) mass is 275 g/mol. The highest BCUT2D eigenvalue weighted by molar-refractivity contribution is 5.25. The lowest BCUT2D eigenvalue weighted by molar-refractivity contribution is 0.0995. The predicted octanol–water partition coefficient (Wildman–Crippen LogP) is 3.84. The number of benzene rings is 1. The lowest BCUT2D eigenvalue weighted by Crippen LogP contribution is -2.31. The lowest BCUT2D eigenvalue weighted by Gasteiger charge is -2.28. The molecule has 0 bridgehead atoms. The molecule has 0 heterocycles. The van der Waals surface area contributed by atoms with Crippen LogP contribution in [0.1, 0.15) is 63.1 Å². The molecule has 20 heavy (non-hydrogen) atoms. The average molecular weight is 275 g/mol. The Morgan fingerprint density at radius 1 is 1.20 bits per heavy atom. The van der Waals surface area contributed by atoms with Gasteiger partial charge in [-0.2, -0.15) is 0 Å². The fourth-order valence-corrected chi connectivity index (χ4v) is 3.24. The Balaban J connectivity index is 1.87.